The first-order valence-corrected chi connectivity index (χ1v) is 7.54. The van der Waals surface area contributed by atoms with Gasteiger partial charge in [0.25, 0.3) is 11.7 Å². The lowest BCUT2D eigenvalue weighted by Gasteiger charge is -2.13. The minimum atomic E-state index is -1.17. The first-order chi connectivity index (χ1) is 12.0. The molecule has 1 aliphatic rings. The number of nitrogens with zero attached hydrogens (tertiary/aromatic N) is 1. The maximum absolute atomic E-state index is 12.1. The van der Waals surface area contributed by atoms with E-state index in [2.05, 4.69) is 0 Å². The van der Waals surface area contributed by atoms with Gasteiger partial charge in [0, 0.05) is 0 Å². The van der Waals surface area contributed by atoms with E-state index in [-0.39, 0.29) is 5.56 Å². The van der Waals surface area contributed by atoms with Crippen molar-refractivity contribution in [2.75, 3.05) is 18.6 Å². The van der Waals surface area contributed by atoms with Crippen LogP contribution < -0.4 is 9.64 Å². The lowest BCUT2D eigenvalue weighted by molar-refractivity contribution is -0.136. The van der Waals surface area contributed by atoms with Crippen LogP contribution in [-0.2, 0) is 9.59 Å². The van der Waals surface area contributed by atoms with Crippen molar-refractivity contribution in [1.82, 2.24) is 0 Å². The van der Waals surface area contributed by atoms with Crippen LogP contribution >= 0.6 is 0 Å². The molecule has 0 saturated carbocycles. The molecule has 0 radical (unpaired) electrons. The number of Topliss-reactive ketones (excluding diaryl/α,β-unsaturated/α-hetero) is 1. The fourth-order valence-corrected chi connectivity index (χ4v) is 2.62. The smallest absolute Gasteiger partial charge is 0.323 e. The summed E-state index contributed by atoms with van der Waals surface area (Å²) in [4.78, 5) is 35.8. The largest absolute Gasteiger partial charge is 0.497 e. The number of ether oxygens (including phenoxy) is 1. The van der Waals surface area contributed by atoms with E-state index in [1.807, 2.05) is 36.4 Å². The molecule has 2 aromatic carbocycles. The number of rotatable bonds is 5. The van der Waals surface area contributed by atoms with Crippen LogP contribution in [0, 0.1) is 0 Å². The molecule has 0 bridgehead atoms. The van der Waals surface area contributed by atoms with Crippen molar-refractivity contribution < 1.29 is 24.2 Å². The lowest BCUT2D eigenvalue weighted by atomic mass is 10.1. The maximum Gasteiger partial charge on any atom is 0.323 e. The molecule has 1 aliphatic heterocycles. The zero-order valence-electron chi connectivity index (χ0n) is 13.4. The van der Waals surface area contributed by atoms with Crippen LogP contribution in [-0.4, -0.2) is 36.4 Å². The highest BCUT2D eigenvalue weighted by atomic mass is 16.5. The lowest BCUT2D eigenvalue weighted by Crippen LogP contribution is -2.34. The molecule has 1 heterocycles. The second-order valence-corrected chi connectivity index (χ2v) is 5.50. The number of fused-ring (bicyclic) bond motifs is 1. The molecule has 0 unspecified atom stereocenters. The zero-order valence-corrected chi connectivity index (χ0v) is 13.4. The Morgan fingerprint density at radius 2 is 1.72 bits per heavy atom. The molecule has 0 spiro atoms. The molecule has 0 fully saturated rings. The molecule has 6 nitrogen and oxygen atoms in total. The Morgan fingerprint density at radius 3 is 2.36 bits per heavy atom. The highest BCUT2D eigenvalue weighted by Gasteiger charge is 2.36. The molecule has 3 rings (SSSR count). The number of benzene rings is 2. The monoisotopic (exact) mass is 337 g/mol. The second-order valence-electron chi connectivity index (χ2n) is 5.50. The Morgan fingerprint density at radius 1 is 1.08 bits per heavy atom. The Balaban J connectivity index is 1.86. The quantitative estimate of drug-likeness (QED) is 0.669. The number of aliphatic carboxylic acids is 1. The molecule has 0 aromatic heterocycles. The standard InChI is InChI=1S/C19H15NO5/c1-25-14-7-4-12(5-8-14)2-3-13-6-9-16-15(10-13)18(23)19(24)20(16)11-17(21)22/h2-10H,11H2,1H3,(H,21,22)/b3-2+. The summed E-state index contributed by atoms with van der Waals surface area (Å²) < 4.78 is 5.10. The van der Waals surface area contributed by atoms with Crippen molar-refractivity contribution in [3.63, 3.8) is 0 Å². The van der Waals surface area contributed by atoms with Crippen molar-refractivity contribution in [3.05, 3.63) is 59.2 Å². The first-order valence-electron chi connectivity index (χ1n) is 7.54. The molecule has 25 heavy (non-hydrogen) atoms. The third kappa shape index (κ3) is 3.28. The molecule has 1 N–H and O–H groups in total. The van der Waals surface area contributed by atoms with Crippen LogP contribution in [0.25, 0.3) is 12.2 Å². The van der Waals surface area contributed by atoms with Gasteiger partial charge in [-0.3, -0.25) is 19.3 Å². The van der Waals surface area contributed by atoms with Gasteiger partial charge in [-0.15, -0.1) is 0 Å². The van der Waals surface area contributed by atoms with E-state index < -0.39 is 24.2 Å². The number of carboxylic acids is 1. The third-order valence-corrected chi connectivity index (χ3v) is 3.87. The fraction of sp³-hybridized carbons (Fsp3) is 0.105. The third-order valence-electron chi connectivity index (χ3n) is 3.87. The van der Waals surface area contributed by atoms with Crippen LogP contribution in [0.15, 0.2) is 42.5 Å². The molecular formula is C19H15NO5. The van der Waals surface area contributed by atoms with Crippen LogP contribution in [0.1, 0.15) is 21.5 Å². The van der Waals surface area contributed by atoms with Gasteiger partial charge in [0.1, 0.15) is 12.3 Å². The molecule has 1 amide bonds. The molecular weight excluding hydrogens is 322 g/mol. The maximum atomic E-state index is 12.1. The van der Waals surface area contributed by atoms with E-state index in [1.54, 1.807) is 25.3 Å². The van der Waals surface area contributed by atoms with E-state index in [4.69, 9.17) is 9.84 Å². The van der Waals surface area contributed by atoms with Gasteiger partial charge >= 0.3 is 5.97 Å². The van der Waals surface area contributed by atoms with Gasteiger partial charge in [0.15, 0.2) is 0 Å². The number of carbonyl (C=O) groups is 3. The van der Waals surface area contributed by atoms with Crippen LogP contribution in [0.5, 0.6) is 5.75 Å². The SMILES string of the molecule is COc1ccc(/C=C/c2ccc3c(c2)C(=O)C(=O)N3CC(=O)O)cc1. The minimum Gasteiger partial charge on any atom is -0.497 e. The van der Waals surface area contributed by atoms with Crippen molar-refractivity contribution in [2.24, 2.45) is 0 Å². The summed E-state index contributed by atoms with van der Waals surface area (Å²) in [7, 11) is 1.60. The summed E-state index contributed by atoms with van der Waals surface area (Å²) in [6, 6.07) is 12.4. The predicted molar refractivity (Wildman–Crippen MR) is 92.7 cm³/mol. The van der Waals surface area contributed by atoms with Gasteiger partial charge in [-0.2, -0.15) is 0 Å². The van der Waals surface area contributed by atoms with Crippen molar-refractivity contribution in [2.45, 2.75) is 0 Å². The van der Waals surface area contributed by atoms with E-state index in [9.17, 15) is 14.4 Å². The highest BCUT2D eigenvalue weighted by Crippen LogP contribution is 2.30. The first kappa shape index (κ1) is 16.4. The Hall–Kier alpha value is -3.41. The molecule has 0 aliphatic carbocycles. The molecule has 0 atom stereocenters. The van der Waals surface area contributed by atoms with Gasteiger partial charge in [0.05, 0.1) is 18.4 Å². The van der Waals surface area contributed by atoms with Gasteiger partial charge in [-0.1, -0.05) is 30.4 Å². The normalized spacial score (nSPS) is 13.4. The van der Waals surface area contributed by atoms with Crippen LogP contribution in [0.4, 0.5) is 5.69 Å². The van der Waals surface area contributed by atoms with Crippen LogP contribution in [0.2, 0.25) is 0 Å². The van der Waals surface area contributed by atoms with E-state index >= 15 is 0 Å². The molecule has 6 heteroatoms. The average molecular weight is 337 g/mol. The van der Waals surface area contributed by atoms with E-state index in [1.165, 1.54) is 0 Å². The number of carboxylic acid groups (broad SMARTS) is 1. The number of hydrogen-bond donors (Lipinski definition) is 1. The summed E-state index contributed by atoms with van der Waals surface area (Å²) in [6.45, 7) is -0.529. The van der Waals surface area contributed by atoms with Gasteiger partial charge in [0.2, 0.25) is 0 Å². The van der Waals surface area contributed by atoms with E-state index in [0.717, 1.165) is 21.8 Å². The zero-order chi connectivity index (χ0) is 18.0. The van der Waals surface area contributed by atoms with E-state index in [0.29, 0.717) is 5.69 Å². The number of amides is 1. The minimum absolute atomic E-state index is 0.225. The number of methoxy groups -OCH3 is 1. The number of hydrogen-bond acceptors (Lipinski definition) is 4. The Labute approximate surface area is 143 Å². The average Bonchev–Trinajstić information content (AvgIpc) is 2.84. The number of carbonyl (C=O) groups excluding carboxylic acids is 2. The fourth-order valence-electron chi connectivity index (χ4n) is 2.62. The van der Waals surface area contributed by atoms with Gasteiger partial charge in [-0.25, -0.2) is 0 Å². The molecule has 0 saturated heterocycles. The number of ketones is 1. The highest BCUT2D eigenvalue weighted by molar-refractivity contribution is 6.52. The molecule has 2 aromatic rings. The van der Waals surface area contributed by atoms with Crippen LogP contribution in [0.3, 0.4) is 0 Å². The second kappa shape index (κ2) is 6.60. The summed E-state index contributed by atoms with van der Waals surface area (Å²) in [5.74, 6) is -1.90. The summed E-state index contributed by atoms with van der Waals surface area (Å²) >= 11 is 0. The topological polar surface area (TPSA) is 83.9 Å². The summed E-state index contributed by atoms with van der Waals surface area (Å²) in [5.41, 5.74) is 2.26. The summed E-state index contributed by atoms with van der Waals surface area (Å²) in [6.07, 6.45) is 3.69. The predicted octanol–water partition coefficient (Wildman–Crippen LogP) is 2.48. The van der Waals surface area contributed by atoms with Crippen molar-refractivity contribution in [1.29, 1.82) is 0 Å². The van der Waals surface area contributed by atoms with Gasteiger partial charge < -0.3 is 9.84 Å². The number of anilines is 1. The van der Waals surface area contributed by atoms with Gasteiger partial charge in [-0.05, 0) is 35.4 Å². The summed E-state index contributed by atoms with van der Waals surface area (Å²) in [5, 5.41) is 8.88. The van der Waals surface area contributed by atoms with Crippen molar-refractivity contribution in [3.8, 4) is 5.75 Å². The Bertz CT molecular complexity index is 883. The molecule has 126 valence electrons. The van der Waals surface area contributed by atoms with Crippen molar-refractivity contribution >= 4 is 35.5 Å². The Kier molecular flexibility index (Phi) is 4.35.